The Morgan fingerprint density at radius 2 is 0.667 bits per heavy atom. The Labute approximate surface area is 542 Å². The highest BCUT2D eigenvalue weighted by molar-refractivity contribution is 7.47. The fourth-order valence-electron chi connectivity index (χ4n) is 11.6. The van der Waals surface area contributed by atoms with Crippen LogP contribution in [0.15, 0.2) is 36.5 Å². The minimum atomic E-state index is -4.45. The zero-order valence-electron chi connectivity index (χ0n) is 59.0. The second-order valence-electron chi connectivity index (χ2n) is 27.5. The number of ether oxygens (including phenoxy) is 1. The molecule has 87 heavy (non-hydrogen) atoms. The molecule has 10 heteroatoms. The molecule has 514 valence electrons. The van der Waals surface area contributed by atoms with Crippen molar-refractivity contribution >= 4 is 19.7 Å². The second kappa shape index (κ2) is 67.1. The van der Waals surface area contributed by atoms with Crippen LogP contribution < -0.4 is 5.32 Å². The van der Waals surface area contributed by atoms with E-state index >= 15 is 0 Å². The largest absolute Gasteiger partial charge is 0.472 e. The van der Waals surface area contributed by atoms with Crippen molar-refractivity contribution in [1.29, 1.82) is 0 Å². The lowest BCUT2D eigenvalue weighted by Crippen LogP contribution is -2.47. The van der Waals surface area contributed by atoms with Crippen LogP contribution >= 0.6 is 7.82 Å². The lowest BCUT2D eigenvalue weighted by atomic mass is 10.0. The van der Waals surface area contributed by atoms with Gasteiger partial charge in [0.1, 0.15) is 19.3 Å². The van der Waals surface area contributed by atoms with Crippen molar-refractivity contribution in [2.45, 2.75) is 405 Å². The Kier molecular flexibility index (Phi) is 65.8. The van der Waals surface area contributed by atoms with Crippen molar-refractivity contribution in [2.24, 2.45) is 0 Å². The van der Waals surface area contributed by atoms with Gasteiger partial charge in [-0.1, -0.05) is 334 Å². The van der Waals surface area contributed by atoms with Crippen LogP contribution in [0, 0.1) is 0 Å². The van der Waals surface area contributed by atoms with E-state index in [1.54, 1.807) is 0 Å². The SMILES string of the molecule is CCCCCCCC/C=C/CCCCCCCCCCCCCCCCCCCC(=O)OC(/C=C/CCCCCCCCCCC)C(COP(=O)(O)OCC[N+](C)(C)C)NC(=O)CCCCCCCCCCCCCCC/C=C/CCCCCCCC. The molecule has 0 aliphatic rings. The molecule has 0 bridgehead atoms. The van der Waals surface area contributed by atoms with E-state index < -0.39 is 20.0 Å². The predicted octanol–water partition coefficient (Wildman–Crippen LogP) is 24.6. The summed E-state index contributed by atoms with van der Waals surface area (Å²) in [5, 5.41) is 3.08. The van der Waals surface area contributed by atoms with E-state index in [-0.39, 0.29) is 25.1 Å². The van der Waals surface area contributed by atoms with Gasteiger partial charge < -0.3 is 19.4 Å². The number of phosphoric acid groups is 1. The van der Waals surface area contributed by atoms with Gasteiger partial charge in [0.15, 0.2) is 0 Å². The molecule has 0 aromatic rings. The van der Waals surface area contributed by atoms with Crippen LogP contribution in [-0.2, 0) is 27.9 Å². The maximum atomic E-state index is 13.6. The van der Waals surface area contributed by atoms with E-state index in [9.17, 15) is 19.0 Å². The molecule has 0 aliphatic heterocycles. The van der Waals surface area contributed by atoms with Gasteiger partial charge >= 0.3 is 13.8 Å². The molecule has 2 N–H and O–H groups in total. The van der Waals surface area contributed by atoms with E-state index in [2.05, 4.69) is 50.4 Å². The summed E-state index contributed by atoms with van der Waals surface area (Å²) in [5.41, 5.74) is 0. The number of hydrogen-bond acceptors (Lipinski definition) is 6. The van der Waals surface area contributed by atoms with Crippen LogP contribution in [-0.4, -0.2) is 74.3 Å². The molecule has 0 aromatic heterocycles. The van der Waals surface area contributed by atoms with E-state index in [1.807, 2.05) is 33.3 Å². The maximum absolute atomic E-state index is 13.6. The van der Waals surface area contributed by atoms with Gasteiger partial charge in [-0.2, -0.15) is 0 Å². The van der Waals surface area contributed by atoms with E-state index in [0.29, 0.717) is 23.9 Å². The minimum absolute atomic E-state index is 0.0434. The van der Waals surface area contributed by atoms with Gasteiger partial charge in [-0.3, -0.25) is 18.6 Å². The molecule has 0 rings (SSSR count). The fourth-order valence-corrected chi connectivity index (χ4v) is 12.4. The quantitative estimate of drug-likeness (QED) is 0.0205. The summed E-state index contributed by atoms with van der Waals surface area (Å²) in [6.07, 6.45) is 84.6. The summed E-state index contributed by atoms with van der Waals surface area (Å²) in [4.78, 5) is 37.9. The van der Waals surface area contributed by atoms with Gasteiger partial charge in [0.2, 0.25) is 5.91 Å². The van der Waals surface area contributed by atoms with Crippen LogP contribution in [0.25, 0.3) is 0 Å². The zero-order chi connectivity index (χ0) is 63.5. The molecule has 0 spiro atoms. The molecule has 3 atom stereocenters. The summed E-state index contributed by atoms with van der Waals surface area (Å²) < 4.78 is 30.9. The number of rotatable bonds is 71. The summed E-state index contributed by atoms with van der Waals surface area (Å²) in [7, 11) is 1.52. The highest BCUT2D eigenvalue weighted by Crippen LogP contribution is 2.43. The molecule has 0 fully saturated rings. The average Bonchev–Trinajstić information content (AvgIpc) is 3.70. The number of amides is 1. The topological polar surface area (TPSA) is 111 Å². The Bertz CT molecular complexity index is 1580. The number of nitrogens with one attached hydrogen (secondary N) is 1. The van der Waals surface area contributed by atoms with Crippen molar-refractivity contribution < 1.29 is 37.3 Å². The predicted molar refractivity (Wildman–Crippen MR) is 379 cm³/mol. The summed E-state index contributed by atoms with van der Waals surface area (Å²) in [6, 6.07) is -0.845. The molecule has 0 aromatic carbocycles. The lowest BCUT2D eigenvalue weighted by Gasteiger charge is -2.27. The standard InChI is InChI=1S/C77H149N2O7P/c1-7-10-13-16-19-22-25-27-29-31-33-35-37-38-39-40-42-44-46-48-50-52-55-58-61-64-67-70-77(81)86-75(68-65-62-59-56-53-24-21-18-15-12-9-3)74(73-85-87(82,83)84-72-71-79(4,5)6)78-76(80)69-66-63-60-57-54-51-49-47-45-43-41-36-34-32-30-28-26-23-20-17-14-11-8-2/h27-30,65,68,74-75H,7-26,31-64,66-67,69-73H2,1-6H3,(H-,78,80,82,83)/p+1/b29-27+,30-28+,68-65+. The first kappa shape index (κ1) is 85.2. The van der Waals surface area contributed by atoms with Crippen molar-refractivity contribution in [3.63, 3.8) is 0 Å². The molecule has 1 amide bonds. The monoisotopic (exact) mass is 1250 g/mol. The third-order valence-corrected chi connectivity index (χ3v) is 18.5. The lowest BCUT2D eigenvalue weighted by molar-refractivity contribution is -0.870. The van der Waals surface area contributed by atoms with Crippen LogP contribution in [0.4, 0.5) is 0 Å². The zero-order valence-corrected chi connectivity index (χ0v) is 59.9. The van der Waals surface area contributed by atoms with Crippen molar-refractivity contribution in [1.82, 2.24) is 5.32 Å². The molecule has 0 aliphatic carbocycles. The molecule has 0 heterocycles. The fraction of sp³-hybridized carbons (Fsp3) is 0.896. The van der Waals surface area contributed by atoms with Crippen LogP contribution in [0.3, 0.4) is 0 Å². The van der Waals surface area contributed by atoms with Gasteiger partial charge in [0.05, 0.1) is 33.8 Å². The number of carbonyl (C=O) groups excluding carboxylic acids is 2. The van der Waals surface area contributed by atoms with Crippen molar-refractivity contribution in [3.8, 4) is 0 Å². The molecule has 0 saturated heterocycles. The number of hydrogen-bond donors (Lipinski definition) is 2. The molecule has 0 saturated carbocycles. The number of nitrogens with zero attached hydrogens (tertiary/aromatic N) is 1. The van der Waals surface area contributed by atoms with Gasteiger partial charge in [-0.25, -0.2) is 4.57 Å². The number of allylic oxidation sites excluding steroid dienone is 5. The van der Waals surface area contributed by atoms with Gasteiger partial charge in [0, 0.05) is 12.8 Å². The molecular formula is C77H150N2O7P+. The van der Waals surface area contributed by atoms with Gasteiger partial charge in [-0.15, -0.1) is 0 Å². The number of carbonyl (C=O) groups is 2. The van der Waals surface area contributed by atoms with E-state index in [1.165, 1.54) is 302 Å². The second-order valence-corrected chi connectivity index (χ2v) is 29.0. The van der Waals surface area contributed by atoms with Gasteiger partial charge in [-0.05, 0) is 83.1 Å². The van der Waals surface area contributed by atoms with Crippen molar-refractivity contribution in [2.75, 3.05) is 40.9 Å². The van der Waals surface area contributed by atoms with Crippen LogP contribution in [0.5, 0.6) is 0 Å². The first-order valence-corrected chi connectivity index (χ1v) is 39.8. The Hall–Kier alpha value is -1.77. The molecule has 0 radical (unpaired) electrons. The van der Waals surface area contributed by atoms with E-state index in [4.69, 9.17) is 13.8 Å². The third-order valence-electron chi connectivity index (χ3n) is 17.6. The highest BCUT2D eigenvalue weighted by Gasteiger charge is 2.30. The summed E-state index contributed by atoms with van der Waals surface area (Å²) >= 11 is 0. The average molecular weight is 1250 g/mol. The van der Waals surface area contributed by atoms with Crippen LogP contribution in [0.2, 0.25) is 0 Å². The highest BCUT2D eigenvalue weighted by atomic mass is 31.2. The van der Waals surface area contributed by atoms with Gasteiger partial charge in [0.25, 0.3) is 0 Å². The molecular weight excluding hydrogens is 1100 g/mol. The normalized spacial score (nSPS) is 13.6. The summed E-state index contributed by atoms with van der Waals surface area (Å²) in [6.45, 7) is 7.07. The minimum Gasteiger partial charge on any atom is -0.456 e. The van der Waals surface area contributed by atoms with Crippen LogP contribution in [0.1, 0.15) is 393 Å². The van der Waals surface area contributed by atoms with Crippen molar-refractivity contribution in [3.05, 3.63) is 36.5 Å². The van der Waals surface area contributed by atoms with E-state index in [0.717, 1.165) is 57.8 Å². The Morgan fingerprint density at radius 1 is 0.391 bits per heavy atom. The number of phosphoric ester groups is 1. The Balaban J connectivity index is 4.89. The summed E-state index contributed by atoms with van der Waals surface area (Å²) in [5.74, 6) is -0.483. The molecule has 9 nitrogen and oxygen atoms in total. The number of likely N-dealkylation sites (N-methyl/N-ethyl adjacent to an activating group) is 1. The number of esters is 1. The number of unbranched alkanes of at least 4 members (excludes halogenated alkanes) is 51. The Morgan fingerprint density at radius 3 is 0.977 bits per heavy atom. The molecule has 3 unspecified atom stereocenters. The first-order chi connectivity index (χ1) is 42.4. The number of quaternary nitrogens is 1. The maximum Gasteiger partial charge on any atom is 0.472 e. The third kappa shape index (κ3) is 68.4. The first-order valence-electron chi connectivity index (χ1n) is 38.3. The smallest absolute Gasteiger partial charge is 0.456 e.